The van der Waals surface area contributed by atoms with Crippen LogP contribution >= 0.6 is 0 Å². The van der Waals surface area contributed by atoms with Crippen molar-refractivity contribution < 1.29 is 0 Å². The van der Waals surface area contributed by atoms with Gasteiger partial charge in [0.15, 0.2) is 5.82 Å². The first-order valence-electron chi connectivity index (χ1n) is 8.16. The Morgan fingerprint density at radius 3 is 2.80 bits per heavy atom. The van der Waals surface area contributed by atoms with Crippen LogP contribution in [0.15, 0.2) is 41.7 Å². The van der Waals surface area contributed by atoms with Crippen LogP contribution in [-0.2, 0) is 6.42 Å². The third-order valence-electron chi connectivity index (χ3n) is 4.36. The lowest BCUT2D eigenvalue weighted by Crippen LogP contribution is -2.21. The molecule has 4 rings (SSSR count). The Bertz CT molecular complexity index is 1130. The summed E-state index contributed by atoms with van der Waals surface area (Å²) in [5.74, 6) is 0.751. The molecule has 0 amide bonds. The van der Waals surface area contributed by atoms with Crippen LogP contribution < -0.4 is 5.56 Å². The van der Waals surface area contributed by atoms with Gasteiger partial charge in [0.05, 0.1) is 12.4 Å². The van der Waals surface area contributed by atoms with Crippen molar-refractivity contribution in [2.24, 2.45) is 0 Å². The van der Waals surface area contributed by atoms with Crippen molar-refractivity contribution in [2.75, 3.05) is 0 Å². The molecule has 1 N–H and O–H groups in total. The highest BCUT2D eigenvalue weighted by molar-refractivity contribution is 5.76. The van der Waals surface area contributed by atoms with Gasteiger partial charge in [-0.2, -0.15) is 14.7 Å². The normalized spacial score (nSPS) is 11.3. The summed E-state index contributed by atoms with van der Waals surface area (Å²) in [5, 5.41) is 8.65. The molecule has 0 spiro atoms. The molecule has 7 nitrogen and oxygen atoms in total. The van der Waals surface area contributed by atoms with Crippen molar-refractivity contribution in [3.8, 4) is 16.9 Å². The summed E-state index contributed by atoms with van der Waals surface area (Å²) < 4.78 is 3.14. The summed E-state index contributed by atoms with van der Waals surface area (Å²) in [6, 6.07) is 3.91. The van der Waals surface area contributed by atoms with Crippen LogP contribution in [0.5, 0.6) is 0 Å². The molecule has 0 radical (unpaired) electrons. The van der Waals surface area contributed by atoms with Gasteiger partial charge in [0.2, 0.25) is 0 Å². The van der Waals surface area contributed by atoms with Crippen LogP contribution in [0.3, 0.4) is 0 Å². The molecule has 25 heavy (non-hydrogen) atoms. The van der Waals surface area contributed by atoms with E-state index in [-0.39, 0.29) is 5.56 Å². The Kier molecular flexibility index (Phi) is 3.49. The molecule has 4 aromatic rings. The van der Waals surface area contributed by atoms with E-state index in [1.807, 2.05) is 39.1 Å². The Morgan fingerprint density at radius 1 is 1.20 bits per heavy atom. The van der Waals surface area contributed by atoms with E-state index < -0.39 is 0 Å². The van der Waals surface area contributed by atoms with Crippen LogP contribution in [0.4, 0.5) is 0 Å². The topological polar surface area (TPSA) is 80.9 Å². The van der Waals surface area contributed by atoms with E-state index in [0.29, 0.717) is 12.1 Å². The zero-order chi connectivity index (χ0) is 17.6. The number of pyridine rings is 1. The van der Waals surface area contributed by atoms with Crippen molar-refractivity contribution >= 4 is 5.65 Å². The molecule has 0 aliphatic rings. The first-order valence-corrected chi connectivity index (χ1v) is 8.16. The number of aromatic amines is 1. The fourth-order valence-corrected chi connectivity index (χ4v) is 3.02. The minimum Gasteiger partial charge on any atom is -0.343 e. The molecule has 0 aliphatic carbocycles. The van der Waals surface area contributed by atoms with Gasteiger partial charge in [0, 0.05) is 34.8 Å². The molecule has 4 aromatic heterocycles. The quantitative estimate of drug-likeness (QED) is 0.624. The van der Waals surface area contributed by atoms with Crippen molar-refractivity contribution in [1.29, 1.82) is 0 Å². The molecular formula is C18H18N6O. The molecule has 0 saturated carbocycles. The second-order valence-electron chi connectivity index (χ2n) is 6.07. The number of hydrogen-bond acceptors (Lipinski definition) is 4. The van der Waals surface area contributed by atoms with E-state index in [1.54, 1.807) is 23.3 Å². The number of H-pyrrole nitrogens is 1. The Morgan fingerprint density at radius 2 is 2.04 bits per heavy atom. The largest absolute Gasteiger partial charge is 0.343 e. The summed E-state index contributed by atoms with van der Waals surface area (Å²) in [4.78, 5) is 20.2. The molecule has 4 heterocycles. The van der Waals surface area contributed by atoms with E-state index in [0.717, 1.165) is 33.8 Å². The highest BCUT2D eigenvalue weighted by Crippen LogP contribution is 2.23. The molecule has 0 bridgehead atoms. The van der Waals surface area contributed by atoms with Crippen LogP contribution in [0.2, 0.25) is 0 Å². The molecule has 0 fully saturated rings. The lowest BCUT2D eigenvalue weighted by molar-refractivity contribution is 0.845. The van der Waals surface area contributed by atoms with Gasteiger partial charge in [-0.05, 0) is 38.0 Å². The summed E-state index contributed by atoms with van der Waals surface area (Å²) in [7, 11) is 0. The Hall–Kier alpha value is -3.22. The third kappa shape index (κ3) is 2.44. The molecule has 0 aromatic carbocycles. The maximum Gasteiger partial charge on any atom is 0.277 e. The Balaban J connectivity index is 1.85. The maximum absolute atomic E-state index is 12.5. The highest BCUT2D eigenvalue weighted by atomic mass is 16.1. The van der Waals surface area contributed by atoms with Gasteiger partial charge in [0.25, 0.3) is 5.56 Å². The predicted octanol–water partition coefficient (Wildman–Crippen LogP) is 2.45. The van der Waals surface area contributed by atoms with E-state index in [4.69, 9.17) is 0 Å². The smallest absolute Gasteiger partial charge is 0.277 e. The van der Waals surface area contributed by atoms with Gasteiger partial charge in [0.1, 0.15) is 5.65 Å². The standard InChI is InChI=1S/C18H18N6O/c1-4-14-12(3)22-17-15(9-21-24(17)18(14)25)13-8-20-23(10-13)16-7-11(2)5-6-19-16/h5-10,22H,4H2,1-3H3. The number of hydrogen-bond donors (Lipinski definition) is 1. The van der Waals surface area contributed by atoms with E-state index >= 15 is 0 Å². The van der Waals surface area contributed by atoms with Gasteiger partial charge in [-0.25, -0.2) is 9.67 Å². The van der Waals surface area contributed by atoms with Crippen molar-refractivity contribution in [3.63, 3.8) is 0 Å². The highest BCUT2D eigenvalue weighted by Gasteiger charge is 2.15. The first-order chi connectivity index (χ1) is 12.1. The number of fused-ring (bicyclic) bond motifs is 1. The van der Waals surface area contributed by atoms with Crippen LogP contribution in [-0.4, -0.2) is 29.4 Å². The lowest BCUT2D eigenvalue weighted by atomic mass is 10.1. The minimum atomic E-state index is -0.0762. The van der Waals surface area contributed by atoms with Gasteiger partial charge < -0.3 is 4.98 Å². The van der Waals surface area contributed by atoms with Crippen molar-refractivity contribution in [1.82, 2.24) is 29.4 Å². The van der Waals surface area contributed by atoms with Gasteiger partial charge >= 0.3 is 0 Å². The molecule has 7 heteroatoms. The monoisotopic (exact) mass is 334 g/mol. The molecule has 0 unspecified atom stereocenters. The van der Waals surface area contributed by atoms with Crippen molar-refractivity contribution in [2.45, 2.75) is 27.2 Å². The summed E-state index contributed by atoms with van der Waals surface area (Å²) in [6.07, 6.45) is 7.76. The van der Waals surface area contributed by atoms with Crippen LogP contribution in [0, 0.1) is 13.8 Å². The molecular weight excluding hydrogens is 316 g/mol. The van der Waals surface area contributed by atoms with Gasteiger partial charge in [-0.3, -0.25) is 4.79 Å². The van der Waals surface area contributed by atoms with Crippen molar-refractivity contribution in [3.05, 3.63) is 64.1 Å². The zero-order valence-electron chi connectivity index (χ0n) is 14.3. The van der Waals surface area contributed by atoms with Crippen LogP contribution in [0.1, 0.15) is 23.7 Å². The lowest BCUT2D eigenvalue weighted by Gasteiger charge is -2.04. The summed E-state index contributed by atoms with van der Waals surface area (Å²) in [5.41, 5.74) is 5.05. The molecule has 0 saturated heterocycles. The number of nitrogens with zero attached hydrogens (tertiary/aromatic N) is 5. The SMILES string of the molecule is CCc1c(C)[nH]c2c(-c3cnn(-c4cc(C)ccn4)c3)cnn2c1=O. The zero-order valence-corrected chi connectivity index (χ0v) is 14.3. The summed E-state index contributed by atoms with van der Waals surface area (Å²) in [6.45, 7) is 5.89. The Labute approximate surface area is 144 Å². The number of aryl methyl sites for hydroxylation is 2. The van der Waals surface area contributed by atoms with Gasteiger partial charge in [-0.15, -0.1) is 0 Å². The van der Waals surface area contributed by atoms with E-state index in [9.17, 15) is 4.79 Å². The third-order valence-corrected chi connectivity index (χ3v) is 4.36. The average Bonchev–Trinajstić information content (AvgIpc) is 3.22. The average molecular weight is 334 g/mol. The number of aromatic nitrogens is 6. The second-order valence-corrected chi connectivity index (χ2v) is 6.07. The maximum atomic E-state index is 12.5. The second kappa shape index (κ2) is 5.70. The predicted molar refractivity (Wildman–Crippen MR) is 95.0 cm³/mol. The number of nitrogens with one attached hydrogen (secondary N) is 1. The molecule has 0 atom stereocenters. The molecule has 0 aliphatic heterocycles. The number of rotatable bonds is 3. The summed E-state index contributed by atoms with van der Waals surface area (Å²) >= 11 is 0. The fraction of sp³-hybridized carbons (Fsp3) is 0.222. The van der Waals surface area contributed by atoms with E-state index in [2.05, 4.69) is 20.2 Å². The fourth-order valence-electron chi connectivity index (χ4n) is 3.02. The minimum absolute atomic E-state index is 0.0762. The molecule has 126 valence electrons. The first kappa shape index (κ1) is 15.3. The van der Waals surface area contributed by atoms with Crippen LogP contribution in [0.25, 0.3) is 22.6 Å². The van der Waals surface area contributed by atoms with Gasteiger partial charge in [-0.1, -0.05) is 6.92 Å². The van der Waals surface area contributed by atoms with E-state index in [1.165, 1.54) is 4.52 Å².